The standard InChI is InChI=1S/C23H27NO5/c1-15(23(26)24-19-10-11-20(27-2)21(14-19)28-3)29-22(25)13-16-8-9-17-6-4-5-7-18(17)12-16/h8-12,14-15H,4-7,13H2,1-3H3,(H,24,26)/t15-/m1/s1. The van der Waals surface area contributed by atoms with Gasteiger partial charge in [0.25, 0.3) is 5.91 Å². The van der Waals surface area contributed by atoms with Crippen LogP contribution >= 0.6 is 0 Å². The number of methoxy groups -OCH3 is 2. The van der Waals surface area contributed by atoms with E-state index in [1.165, 1.54) is 31.1 Å². The Morgan fingerprint density at radius 1 is 0.966 bits per heavy atom. The van der Waals surface area contributed by atoms with E-state index in [0.717, 1.165) is 18.4 Å². The van der Waals surface area contributed by atoms with Crippen molar-refractivity contribution in [1.29, 1.82) is 0 Å². The summed E-state index contributed by atoms with van der Waals surface area (Å²) in [5.74, 6) is 0.240. The minimum absolute atomic E-state index is 0.154. The molecular formula is C23H27NO5. The summed E-state index contributed by atoms with van der Waals surface area (Å²) in [6, 6.07) is 11.2. The number of esters is 1. The minimum atomic E-state index is -0.909. The van der Waals surface area contributed by atoms with Crippen molar-refractivity contribution in [2.75, 3.05) is 19.5 Å². The van der Waals surface area contributed by atoms with Crippen molar-refractivity contribution in [3.05, 3.63) is 53.1 Å². The summed E-state index contributed by atoms with van der Waals surface area (Å²) in [6.45, 7) is 1.56. The van der Waals surface area contributed by atoms with Crippen LogP contribution in [-0.2, 0) is 33.6 Å². The number of hydrogen-bond acceptors (Lipinski definition) is 5. The molecular weight excluding hydrogens is 370 g/mol. The van der Waals surface area contributed by atoms with Gasteiger partial charge >= 0.3 is 5.97 Å². The molecule has 29 heavy (non-hydrogen) atoms. The molecule has 0 aliphatic heterocycles. The zero-order chi connectivity index (χ0) is 20.8. The zero-order valence-electron chi connectivity index (χ0n) is 17.1. The predicted octanol–water partition coefficient (Wildman–Crippen LogP) is 3.70. The lowest BCUT2D eigenvalue weighted by Crippen LogP contribution is -2.30. The zero-order valence-corrected chi connectivity index (χ0v) is 17.1. The number of carbonyl (C=O) groups excluding carboxylic acids is 2. The molecule has 6 nitrogen and oxygen atoms in total. The number of anilines is 1. The maximum atomic E-state index is 12.4. The van der Waals surface area contributed by atoms with Gasteiger partial charge in [0.2, 0.25) is 0 Å². The number of hydrogen-bond donors (Lipinski definition) is 1. The first-order chi connectivity index (χ1) is 14.0. The Labute approximate surface area is 171 Å². The molecule has 1 amide bonds. The number of ether oxygens (including phenoxy) is 3. The van der Waals surface area contributed by atoms with Crippen LogP contribution in [0.3, 0.4) is 0 Å². The van der Waals surface area contributed by atoms with Gasteiger partial charge in [-0.3, -0.25) is 9.59 Å². The first-order valence-electron chi connectivity index (χ1n) is 9.83. The fraction of sp³-hybridized carbons (Fsp3) is 0.391. The summed E-state index contributed by atoms with van der Waals surface area (Å²) in [5.41, 5.74) is 4.14. The smallest absolute Gasteiger partial charge is 0.311 e. The molecule has 154 valence electrons. The SMILES string of the molecule is COc1ccc(NC(=O)[C@@H](C)OC(=O)Cc2ccc3c(c2)CCCC3)cc1OC. The average molecular weight is 397 g/mol. The van der Waals surface area contributed by atoms with Gasteiger partial charge < -0.3 is 19.5 Å². The Balaban J connectivity index is 1.56. The number of nitrogens with one attached hydrogen (secondary N) is 1. The Morgan fingerprint density at radius 3 is 2.41 bits per heavy atom. The molecule has 0 aromatic heterocycles. The minimum Gasteiger partial charge on any atom is -0.493 e. The topological polar surface area (TPSA) is 73.9 Å². The molecule has 1 aliphatic rings. The van der Waals surface area contributed by atoms with E-state index in [2.05, 4.69) is 17.4 Å². The van der Waals surface area contributed by atoms with Gasteiger partial charge in [0.1, 0.15) is 0 Å². The fourth-order valence-corrected chi connectivity index (χ4v) is 3.51. The molecule has 3 rings (SSSR count). The van der Waals surface area contributed by atoms with Crippen molar-refractivity contribution in [3.63, 3.8) is 0 Å². The second-order valence-corrected chi connectivity index (χ2v) is 7.18. The summed E-state index contributed by atoms with van der Waals surface area (Å²) in [4.78, 5) is 24.7. The molecule has 2 aromatic rings. The second-order valence-electron chi connectivity index (χ2n) is 7.18. The van der Waals surface area contributed by atoms with Crippen LogP contribution in [0.15, 0.2) is 36.4 Å². The van der Waals surface area contributed by atoms with Crippen LogP contribution in [-0.4, -0.2) is 32.2 Å². The summed E-state index contributed by atoms with van der Waals surface area (Å²) in [7, 11) is 3.06. The van der Waals surface area contributed by atoms with E-state index in [-0.39, 0.29) is 6.42 Å². The van der Waals surface area contributed by atoms with E-state index in [1.54, 1.807) is 32.2 Å². The molecule has 6 heteroatoms. The molecule has 0 heterocycles. The van der Waals surface area contributed by atoms with Gasteiger partial charge in [0.15, 0.2) is 17.6 Å². The van der Waals surface area contributed by atoms with Crippen LogP contribution in [0.4, 0.5) is 5.69 Å². The van der Waals surface area contributed by atoms with Crippen LogP contribution in [0.5, 0.6) is 11.5 Å². The molecule has 2 aromatic carbocycles. The summed E-state index contributed by atoms with van der Waals surface area (Å²) >= 11 is 0. The number of rotatable bonds is 7. The summed E-state index contributed by atoms with van der Waals surface area (Å²) in [6.07, 6.45) is 3.82. The highest BCUT2D eigenvalue weighted by molar-refractivity contribution is 5.95. The highest BCUT2D eigenvalue weighted by atomic mass is 16.5. The molecule has 1 N–H and O–H groups in total. The van der Waals surface area contributed by atoms with E-state index in [0.29, 0.717) is 17.2 Å². The first kappa shape index (κ1) is 20.7. The second kappa shape index (κ2) is 9.45. The number of fused-ring (bicyclic) bond motifs is 1. The maximum Gasteiger partial charge on any atom is 0.311 e. The Bertz CT molecular complexity index is 893. The van der Waals surface area contributed by atoms with Gasteiger partial charge in [0, 0.05) is 11.8 Å². The highest BCUT2D eigenvalue weighted by Gasteiger charge is 2.19. The van der Waals surface area contributed by atoms with Crippen molar-refractivity contribution in [3.8, 4) is 11.5 Å². The number of amides is 1. The lowest BCUT2D eigenvalue weighted by molar-refractivity contribution is -0.152. The van der Waals surface area contributed by atoms with Crippen LogP contribution in [0.25, 0.3) is 0 Å². The molecule has 1 aliphatic carbocycles. The van der Waals surface area contributed by atoms with Crippen molar-refractivity contribution in [2.45, 2.75) is 45.1 Å². The highest BCUT2D eigenvalue weighted by Crippen LogP contribution is 2.29. The molecule has 0 radical (unpaired) electrons. The number of benzene rings is 2. The lowest BCUT2D eigenvalue weighted by atomic mass is 9.90. The van der Waals surface area contributed by atoms with Gasteiger partial charge in [-0.2, -0.15) is 0 Å². The molecule has 0 unspecified atom stereocenters. The first-order valence-corrected chi connectivity index (χ1v) is 9.83. The van der Waals surface area contributed by atoms with Gasteiger partial charge in [-0.25, -0.2) is 0 Å². The van der Waals surface area contributed by atoms with Gasteiger partial charge in [-0.05, 0) is 61.4 Å². The summed E-state index contributed by atoms with van der Waals surface area (Å²) in [5, 5.41) is 2.73. The van der Waals surface area contributed by atoms with Gasteiger partial charge in [-0.1, -0.05) is 18.2 Å². The Hall–Kier alpha value is -3.02. The van der Waals surface area contributed by atoms with E-state index in [1.807, 2.05) is 6.07 Å². The molecule has 0 fully saturated rings. The Morgan fingerprint density at radius 2 is 1.69 bits per heavy atom. The number of aryl methyl sites for hydroxylation is 2. The van der Waals surface area contributed by atoms with E-state index in [9.17, 15) is 9.59 Å². The van der Waals surface area contributed by atoms with Gasteiger partial charge in [0.05, 0.1) is 20.6 Å². The largest absolute Gasteiger partial charge is 0.493 e. The van der Waals surface area contributed by atoms with Crippen LogP contribution in [0.1, 0.15) is 36.5 Å². The molecule has 0 bridgehead atoms. The van der Waals surface area contributed by atoms with E-state index >= 15 is 0 Å². The van der Waals surface area contributed by atoms with Crippen LogP contribution in [0, 0.1) is 0 Å². The molecule has 0 saturated heterocycles. The van der Waals surface area contributed by atoms with E-state index < -0.39 is 18.0 Å². The molecule has 1 atom stereocenters. The summed E-state index contributed by atoms with van der Waals surface area (Å²) < 4.78 is 15.7. The Kier molecular flexibility index (Phi) is 6.75. The fourth-order valence-electron chi connectivity index (χ4n) is 3.51. The van der Waals surface area contributed by atoms with Crippen molar-refractivity contribution < 1.29 is 23.8 Å². The van der Waals surface area contributed by atoms with E-state index in [4.69, 9.17) is 14.2 Å². The predicted molar refractivity (Wildman–Crippen MR) is 111 cm³/mol. The van der Waals surface area contributed by atoms with Crippen molar-refractivity contribution in [2.24, 2.45) is 0 Å². The monoisotopic (exact) mass is 397 g/mol. The lowest BCUT2D eigenvalue weighted by Gasteiger charge is -2.17. The van der Waals surface area contributed by atoms with Gasteiger partial charge in [-0.15, -0.1) is 0 Å². The molecule has 0 saturated carbocycles. The quantitative estimate of drug-likeness (QED) is 0.721. The molecule has 0 spiro atoms. The third-order valence-electron chi connectivity index (χ3n) is 5.09. The van der Waals surface area contributed by atoms with Crippen molar-refractivity contribution >= 4 is 17.6 Å². The van der Waals surface area contributed by atoms with Crippen molar-refractivity contribution in [1.82, 2.24) is 0 Å². The number of carbonyl (C=O) groups is 2. The maximum absolute atomic E-state index is 12.4. The van der Waals surface area contributed by atoms with Crippen LogP contribution < -0.4 is 14.8 Å². The third-order valence-corrected chi connectivity index (χ3v) is 5.09. The van der Waals surface area contributed by atoms with Crippen LogP contribution in [0.2, 0.25) is 0 Å². The third kappa shape index (κ3) is 5.28. The normalized spacial score (nSPS) is 13.8. The average Bonchev–Trinajstić information content (AvgIpc) is 2.73.